The molecule has 0 bridgehead atoms. The number of aromatic nitrogens is 1. The van der Waals surface area contributed by atoms with Gasteiger partial charge in [0.1, 0.15) is 10.6 Å². The molecule has 0 amide bonds. The minimum atomic E-state index is -4.58. The van der Waals surface area contributed by atoms with Crippen molar-refractivity contribution in [2.75, 3.05) is 6.61 Å². The highest BCUT2D eigenvalue weighted by Gasteiger charge is 2.22. The van der Waals surface area contributed by atoms with E-state index in [2.05, 4.69) is 16.9 Å². The summed E-state index contributed by atoms with van der Waals surface area (Å²) in [6.07, 6.45) is 16.8. The number of hydrogen-bond acceptors (Lipinski definition) is 7. The lowest BCUT2D eigenvalue weighted by Gasteiger charge is -2.15. The van der Waals surface area contributed by atoms with Gasteiger partial charge in [-0.2, -0.15) is 26.8 Å². The van der Waals surface area contributed by atoms with Crippen molar-refractivity contribution in [1.29, 1.82) is 0 Å². The Bertz CT molecular complexity index is 2150. The number of aromatic carboxylic acids is 1. The second-order valence-electron chi connectivity index (χ2n) is 13.6. The van der Waals surface area contributed by atoms with E-state index in [0.717, 1.165) is 36.5 Å². The summed E-state index contributed by atoms with van der Waals surface area (Å²) in [4.78, 5) is 13.2. The molecule has 0 spiro atoms. The molecule has 3 aromatic carbocycles. The van der Waals surface area contributed by atoms with Crippen LogP contribution in [0.3, 0.4) is 0 Å². The summed E-state index contributed by atoms with van der Waals surface area (Å²) in [6.45, 7) is 4.43. The predicted octanol–water partition coefficient (Wildman–Crippen LogP) is 8.75. The first-order chi connectivity index (χ1) is 25.3. The van der Waals surface area contributed by atoms with Crippen molar-refractivity contribution in [2.45, 2.75) is 114 Å². The lowest BCUT2D eigenvalue weighted by molar-refractivity contribution is 0.0696. The van der Waals surface area contributed by atoms with Crippen LogP contribution in [0.25, 0.3) is 22.2 Å². The molecule has 4 rings (SSSR count). The van der Waals surface area contributed by atoms with E-state index in [1.165, 1.54) is 94.5 Å². The second-order valence-corrected chi connectivity index (χ2v) is 16.7. The van der Waals surface area contributed by atoms with Crippen molar-refractivity contribution in [3.8, 4) is 17.0 Å². The zero-order valence-corrected chi connectivity index (χ0v) is 32.6. The van der Waals surface area contributed by atoms with Gasteiger partial charge in [-0.1, -0.05) is 114 Å². The Kier molecular flexibility index (Phi) is 15.5. The maximum Gasteiger partial charge on any atom is 0.335 e. The van der Waals surface area contributed by atoms with Crippen LogP contribution in [0.2, 0.25) is 0 Å². The van der Waals surface area contributed by atoms with E-state index in [-0.39, 0.29) is 33.6 Å². The van der Waals surface area contributed by atoms with Gasteiger partial charge in [-0.25, -0.2) is 4.79 Å². The van der Waals surface area contributed by atoms with E-state index in [1.54, 1.807) is 13.1 Å². The highest BCUT2D eigenvalue weighted by Crippen LogP contribution is 2.27. The maximum absolute atomic E-state index is 13.8. The zero-order valence-electron chi connectivity index (χ0n) is 31.0. The molecule has 1 aromatic heterocycles. The lowest BCUT2D eigenvalue weighted by atomic mass is 10.0. The molecule has 0 aliphatic rings. The summed E-state index contributed by atoms with van der Waals surface area (Å²) in [5, 5.41) is 14.2. The standard InChI is InChI=1S/C40H53N3O8S2/c1-4-5-6-7-8-9-10-11-12-13-14-15-16-17-25-51-38-24-21-32(40(44)45)27-39(38)52(46,47)42-41-35-29-37(31-20-18-19-30(2)26-31)43(3)36-23-22-33(28-34(35)36)53(48,49)50/h18-24,26-29,42H,4-17,25H2,1-3H3,(H,44,45)(H,48,49,50)/b41-35-. The van der Waals surface area contributed by atoms with Gasteiger partial charge in [0.15, 0.2) is 0 Å². The van der Waals surface area contributed by atoms with Crippen molar-refractivity contribution in [3.05, 3.63) is 83.2 Å². The molecule has 1 heterocycles. The summed E-state index contributed by atoms with van der Waals surface area (Å²) >= 11 is 0. The number of carboxylic acid groups (broad SMARTS) is 1. The molecular formula is C40H53N3O8S2. The topological polar surface area (TPSA) is 164 Å². The fourth-order valence-electron chi connectivity index (χ4n) is 6.39. The molecule has 0 aliphatic heterocycles. The van der Waals surface area contributed by atoms with Gasteiger partial charge in [0, 0.05) is 12.4 Å². The molecule has 0 fully saturated rings. The number of pyridine rings is 1. The molecule has 0 unspecified atom stereocenters. The first-order valence-corrected chi connectivity index (χ1v) is 21.5. The molecule has 0 saturated carbocycles. The van der Waals surface area contributed by atoms with Crippen LogP contribution in [0.4, 0.5) is 0 Å². The number of rotatable bonds is 22. The van der Waals surface area contributed by atoms with Crippen LogP contribution >= 0.6 is 0 Å². The Balaban J connectivity index is 1.48. The molecule has 11 nitrogen and oxygen atoms in total. The van der Waals surface area contributed by atoms with E-state index in [4.69, 9.17) is 4.74 Å². The zero-order chi connectivity index (χ0) is 38.4. The predicted molar refractivity (Wildman–Crippen MR) is 208 cm³/mol. The summed E-state index contributed by atoms with van der Waals surface area (Å²) in [7, 11) is -7.30. The number of carboxylic acids is 1. The summed E-state index contributed by atoms with van der Waals surface area (Å²) < 4.78 is 69.0. The smallest absolute Gasteiger partial charge is 0.335 e. The number of carbonyl (C=O) groups is 1. The third-order valence-corrected chi connectivity index (χ3v) is 11.5. The number of ether oxygens (including phenoxy) is 1. The van der Waals surface area contributed by atoms with Crippen molar-refractivity contribution in [2.24, 2.45) is 12.1 Å². The third kappa shape index (κ3) is 12.2. The minimum absolute atomic E-state index is 0.00850. The molecule has 0 radical (unpaired) electrons. The molecule has 3 N–H and O–H groups in total. The molecule has 4 aromatic rings. The summed E-state index contributed by atoms with van der Waals surface area (Å²) in [5.74, 6) is -1.31. The van der Waals surface area contributed by atoms with Crippen LogP contribution in [0.15, 0.2) is 81.6 Å². The molecule has 13 heteroatoms. The lowest BCUT2D eigenvalue weighted by Crippen LogP contribution is -2.24. The van der Waals surface area contributed by atoms with Crippen LogP contribution in [0, 0.1) is 6.92 Å². The second kappa shape index (κ2) is 19.8. The van der Waals surface area contributed by atoms with Crippen molar-refractivity contribution in [1.82, 2.24) is 9.40 Å². The Morgan fingerprint density at radius 1 is 0.792 bits per heavy atom. The van der Waals surface area contributed by atoms with Gasteiger partial charge in [0.05, 0.1) is 33.6 Å². The Hall–Kier alpha value is -4.20. The molecule has 53 heavy (non-hydrogen) atoms. The third-order valence-electron chi connectivity index (χ3n) is 9.37. The minimum Gasteiger partial charge on any atom is -0.492 e. The van der Waals surface area contributed by atoms with Crippen LogP contribution in [-0.2, 0) is 27.2 Å². The van der Waals surface area contributed by atoms with Gasteiger partial charge in [0.25, 0.3) is 20.1 Å². The SMILES string of the molecule is CCCCCCCCCCCCCCCCOc1ccc(C(=O)O)cc1S(=O)(=O)N/N=c1/cc(-c2cccc(C)c2)n(C)c2ccc(S(=O)(=O)O)cc12. The quantitative estimate of drug-likeness (QED) is 0.0406. The first-order valence-electron chi connectivity index (χ1n) is 18.6. The molecule has 0 aliphatic carbocycles. The number of benzene rings is 3. The largest absolute Gasteiger partial charge is 0.492 e. The van der Waals surface area contributed by atoms with Crippen molar-refractivity contribution >= 4 is 37.0 Å². The van der Waals surface area contributed by atoms with Gasteiger partial charge < -0.3 is 14.4 Å². The van der Waals surface area contributed by atoms with E-state index >= 15 is 0 Å². The Morgan fingerprint density at radius 2 is 1.42 bits per heavy atom. The van der Waals surface area contributed by atoms with E-state index in [9.17, 15) is 31.3 Å². The number of nitrogens with zero attached hydrogens (tertiary/aromatic N) is 2. The normalized spacial score (nSPS) is 12.3. The molecule has 0 saturated heterocycles. The average Bonchev–Trinajstić information content (AvgIpc) is 3.12. The van der Waals surface area contributed by atoms with Gasteiger partial charge in [-0.05, 0) is 67.4 Å². The Morgan fingerprint density at radius 3 is 2.00 bits per heavy atom. The van der Waals surface area contributed by atoms with Gasteiger partial charge in [0.2, 0.25) is 0 Å². The molecule has 288 valence electrons. The van der Waals surface area contributed by atoms with Crippen molar-refractivity contribution < 1.29 is 36.0 Å². The fraction of sp³-hybridized carbons (Fsp3) is 0.450. The number of hydrogen-bond donors (Lipinski definition) is 3. The molecular weight excluding hydrogens is 715 g/mol. The fourth-order valence-corrected chi connectivity index (χ4v) is 7.89. The summed E-state index contributed by atoms with van der Waals surface area (Å²) in [5.41, 5.74) is 2.72. The number of sulfonamides is 1. The van der Waals surface area contributed by atoms with Crippen LogP contribution in [0.1, 0.15) is 113 Å². The monoisotopic (exact) mass is 767 g/mol. The van der Waals surface area contributed by atoms with Gasteiger partial charge in [-0.15, -0.1) is 0 Å². The number of unbranched alkanes of at least 4 members (excludes halogenated alkanes) is 13. The molecule has 0 atom stereocenters. The highest BCUT2D eigenvalue weighted by molar-refractivity contribution is 7.89. The summed E-state index contributed by atoms with van der Waals surface area (Å²) in [6, 6.07) is 16.9. The Labute approximate surface area is 313 Å². The van der Waals surface area contributed by atoms with Crippen LogP contribution in [0.5, 0.6) is 5.75 Å². The van der Waals surface area contributed by atoms with Crippen LogP contribution < -0.4 is 14.9 Å². The van der Waals surface area contributed by atoms with Crippen molar-refractivity contribution in [3.63, 3.8) is 0 Å². The number of fused-ring (bicyclic) bond motifs is 1. The van der Waals surface area contributed by atoms with E-state index < -0.39 is 31.0 Å². The number of aryl methyl sites for hydroxylation is 2. The maximum atomic E-state index is 13.8. The number of nitrogens with one attached hydrogen (secondary N) is 1. The van der Waals surface area contributed by atoms with Gasteiger partial charge >= 0.3 is 5.97 Å². The van der Waals surface area contributed by atoms with E-state index in [1.807, 2.05) is 35.8 Å². The van der Waals surface area contributed by atoms with Crippen LogP contribution in [-0.4, -0.2) is 43.6 Å². The highest BCUT2D eigenvalue weighted by atomic mass is 32.2. The van der Waals surface area contributed by atoms with Gasteiger partial charge in [-0.3, -0.25) is 4.55 Å². The first kappa shape index (κ1) is 41.6. The van der Waals surface area contributed by atoms with E-state index in [0.29, 0.717) is 17.6 Å². The average molecular weight is 768 g/mol.